The maximum absolute atomic E-state index is 4.28. The van der Waals surface area contributed by atoms with E-state index in [4.69, 9.17) is 0 Å². The first-order chi connectivity index (χ1) is 8.22. The summed E-state index contributed by atoms with van der Waals surface area (Å²) in [4.78, 5) is 8.56. The Labute approximate surface area is 109 Å². The lowest BCUT2D eigenvalue weighted by atomic mass is 10.2. The number of hydrogen-bond acceptors (Lipinski definition) is 4. The molecule has 1 unspecified atom stereocenters. The third-order valence-corrected chi connectivity index (χ3v) is 3.47. The van der Waals surface area contributed by atoms with Crippen LogP contribution in [0.2, 0.25) is 0 Å². The van der Waals surface area contributed by atoms with Crippen LogP contribution >= 0.6 is 11.8 Å². The zero-order valence-electron chi connectivity index (χ0n) is 11.1. The van der Waals surface area contributed by atoms with Gasteiger partial charge in [-0.25, -0.2) is 9.97 Å². The molecule has 1 N–H and O–H groups in total. The largest absolute Gasteiger partial charge is 0.314 e. The van der Waals surface area contributed by atoms with Crippen molar-refractivity contribution in [1.82, 2.24) is 15.3 Å². The molecule has 1 heterocycles. The minimum atomic E-state index is 0.620. The summed E-state index contributed by atoms with van der Waals surface area (Å²) in [5.41, 5.74) is 1.12. The molecule has 0 aliphatic rings. The molecule has 96 valence electrons. The second-order valence-electron chi connectivity index (χ2n) is 4.39. The summed E-state index contributed by atoms with van der Waals surface area (Å²) in [5.74, 6) is 1.10. The molecule has 3 nitrogen and oxygen atoms in total. The molecule has 17 heavy (non-hydrogen) atoms. The fourth-order valence-corrected chi connectivity index (χ4v) is 2.25. The van der Waals surface area contributed by atoms with E-state index in [0.717, 1.165) is 23.0 Å². The minimum absolute atomic E-state index is 0.620. The molecule has 0 aliphatic carbocycles. The standard InChI is InChI=1S/C13H23N3S/c1-4-7-14-12(3)6-5-8-17-13-15-9-11(2)10-16-13/h9-10,12,14H,4-8H2,1-3H3. The van der Waals surface area contributed by atoms with Crippen LogP contribution in [0, 0.1) is 6.92 Å². The third-order valence-electron chi connectivity index (χ3n) is 2.51. The lowest BCUT2D eigenvalue weighted by Gasteiger charge is -2.12. The maximum Gasteiger partial charge on any atom is 0.187 e. The van der Waals surface area contributed by atoms with E-state index < -0.39 is 0 Å². The predicted octanol–water partition coefficient (Wildman–Crippen LogP) is 3.05. The topological polar surface area (TPSA) is 37.8 Å². The second-order valence-corrected chi connectivity index (χ2v) is 5.45. The van der Waals surface area contributed by atoms with Crippen molar-refractivity contribution in [2.24, 2.45) is 0 Å². The van der Waals surface area contributed by atoms with Crippen LogP contribution in [0.1, 0.15) is 38.7 Å². The van der Waals surface area contributed by atoms with Crippen molar-refractivity contribution >= 4 is 11.8 Å². The van der Waals surface area contributed by atoms with Gasteiger partial charge in [-0.05, 0) is 45.2 Å². The van der Waals surface area contributed by atoms with E-state index in [1.807, 2.05) is 19.3 Å². The zero-order valence-corrected chi connectivity index (χ0v) is 11.9. The van der Waals surface area contributed by atoms with Crippen LogP contribution in [0.3, 0.4) is 0 Å². The Morgan fingerprint density at radius 1 is 1.35 bits per heavy atom. The highest BCUT2D eigenvalue weighted by Crippen LogP contribution is 2.14. The molecule has 0 saturated carbocycles. The molecule has 0 spiro atoms. The minimum Gasteiger partial charge on any atom is -0.314 e. The van der Waals surface area contributed by atoms with Gasteiger partial charge in [0, 0.05) is 24.2 Å². The number of hydrogen-bond donors (Lipinski definition) is 1. The fourth-order valence-electron chi connectivity index (χ4n) is 1.50. The van der Waals surface area contributed by atoms with E-state index in [0.29, 0.717) is 6.04 Å². The van der Waals surface area contributed by atoms with Gasteiger partial charge >= 0.3 is 0 Å². The van der Waals surface area contributed by atoms with Crippen LogP contribution in [0.25, 0.3) is 0 Å². The third kappa shape index (κ3) is 6.64. The summed E-state index contributed by atoms with van der Waals surface area (Å²) in [5, 5.41) is 4.39. The molecule has 4 heteroatoms. The predicted molar refractivity (Wildman–Crippen MR) is 74.5 cm³/mol. The van der Waals surface area contributed by atoms with Crippen molar-refractivity contribution < 1.29 is 0 Å². The molecule has 0 aromatic carbocycles. The summed E-state index contributed by atoms with van der Waals surface area (Å²) in [6, 6.07) is 0.620. The summed E-state index contributed by atoms with van der Waals surface area (Å²) in [6.07, 6.45) is 7.39. The van der Waals surface area contributed by atoms with Crippen molar-refractivity contribution in [2.45, 2.75) is 51.2 Å². The number of nitrogens with one attached hydrogen (secondary N) is 1. The molecule has 0 amide bonds. The van der Waals surface area contributed by atoms with Crippen molar-refractivity contribution in [1.29, 1.82) is 0 Å². The fraction of sp³-hybridized carbons (Fsp3) is 0.692. The Morgan fingerprint density at radius 2 is 2.06 bits per heavy atom. The van der Waals surface area contributed by atoms with Crippen LogP contribution in [0.5, 0.6) is 0 Å². The molecule has 0 bridgehead atoms. The molecular weight excluding hydrogens is 230 g/mol. The van der Waals surface area contributed by atoms with Gasteiger partial charge in [0.2, 0.25) is 0 Å². The van der Waals surface area contributed by atoms with Gasteiger partial charge in [-0.2, -0.15) is 0 Å². The molecule has 1 aromatic heterocycles. The molecule has 1 aromatic rings. The Morgan fingerprint density at radius 3 is 2.71 bits per heavy atom. The second kappa shape index (κ2) is 8.48. The molecule has 0 saturated heterocycles. The van der Waals surface area contributed by atoms with Crippen LogP contribution in [-0.2, 0) is 0 Å². The van der Waals surface area contributed by atoms with Crippen LogP contribution < -0.4 is 5.32 Å². The number of thioether (sulfide) groups is 1. The van der Waals surface area contributed by atoms with Crippen LogP contribution in [0.15, 0.2) is 17.6 Å². The summed E-state index contributed by atoms with van der Waals surface area (Å²) in [7, 11) is 0. The van der Waals surface area contributed by atoms with Gasteiger partial charge in [0.15, 0.2) is 5.16 Å². The monoisotopic (exact) mass is 253 g/mol. The average molecular weight is 253 g/mol. The summed E-state index contributed by atoms with van der Waals surface area (Å²) in [6.45, 7) is 7.58. The Balaban J connectivity index is 2.09. The van der Waals surface area contributed by atoms with Crippen molar-refractivity contribution in [3.05, 3.63) is 18.0 Å². The van der Waals surface area contributed by atoms with E-state index in [1.165, 1.54) is 19.3 Å². The van der Waals surface area contributed by atoms with Gasteiger partial charge in [0.1, 0.15) is 0 Å². The van der Waals surface area contributed by atoms with Gasteiger partial charge in [0.25, 0.3) is 0 Å². The van der Waals surface area contributed by atoms with E-state index in [9.17, 15) is 0 Å². The van der Waals surface area contributed by atoms with Crippen LogP contribution in [0.4, 0.5) is 0 Å². The van der Waals surface area contributed by atoms with E-state index in [2.05, 4.69) is 29.1 Å². The number of rotatable bonds is 8. The highest BCUT2D eigenvalue weighted by Gasteiger charge is 2.01. The van der Waals surface area contributed by atoms with Crippen molar-refractivity contribution in [3.63, 3.8) is 0 Å². The van der Waals surface area contributed by atoms with Gasteiger partial charge < -0.3 is 5.32 Å². The molecular formula is C13H23N3S. The lowest BCUT2D eigenvalue weighted by Crippen LogP contribution is -2.26. The van der Waals surface area contributed by atoms with E-state index in [1.54, 1.807) is 11.8 Å². The van der Waals surface area contributed by atoms with Gasteiger partial charge in [-0.3, -0.25) is 0 Å². The molecule has 0 aliphatic heterocycles. The summed E-state index contributed by atoms with van der Waals surface area (Å²) < 4.78 is 0. The average Bonchev–Trinajstić information content (AvgIpc) is 2.34. The number of nitrogens with zero attached hydrogens (tertiary/aromatic N) is 2. The summed E-state index contributed by atoms with van der Waals surface area (Å²) >= 11 is 1.74. The van der Waals surface area contributed by atoms with Crippen LogP contribution in [-0.4, -0.2) is 28.3 Å². The zero-order chi connectivity index (χ0) is 12.5. The van der Waals surface area contributed by atoms with Gasteiger partial charge in [0.05, 0.1) is 0 Å². The Kier molecular flexibility index (Phi) is 7.21. The van der Waals surface area contributed by atoms with E-state index >= 15 is 0 Å². The highest BCUT2D eigenvalue weighted by atomic mass is 32.2. The van der Waals surface area contributed by atoms with Crippen molar-refractivity contribution in [2.75, 3.05) is 12.3 Å². The Hall–Kier alpha value is -0.610. The quantitative estimate of drug-likeness (QED) is 0.439. The first-order valence-corrected chi connectivity index (χ1v) is 7.35. The smallest absolute Gasteiger partial charge is 0.187 e. The van der Waals surface area contributed by atoms with E-state index in [-0.39, 0.29) is 0 Å². The SMILES string of the molecule is CCCNC(C)CCCSc1ncc(C)cn1. The Bertz CT molecular complexity index is 300. The molecule has 1 rings (SSSR count). The number of aromatic nitrogens is 2. The highest BCUT2D eigenvalue weighted by molar-refractivity contribution is 7.99. The van der Waals surface area contributed by atoms with Crippen molar-refractivity contribution in [3.8, 4) is 0 Å². The number of aryl methyl sites for hydroxylation is 1. The lowest BCUT2D eigenvalue weighted by molar-refractivity contribution is 0.510. The molecule has 1 atom stereocenters. The normalized spacial score (nSPS) is 12.6. The first-order valence-electron chi connectivity index (χ1n) is 6.37. The first kappa shape index (κ1) is 14.5. The van der Waals surface area contributed by atoms with Gasteiger partial charge in [-0.15, -0.1) is 0 Å². The van der Waals surface area contributed by atoms with Gasteiger partial charge in [-0.1, -0.05) is 18.7 Å². The molecule has 0 fully saturated rings. The molecule has 0 radical (unpaired) electrons. The maximum atomic E-state index is 4.28.